The molecule has 1 unspecified atom stereocenters. The van der Waals surface area contributed by atoms with Gasteiger partial charge in [-0.05, 0) is 19.3 Å². The Balaban J connectivity index is 2.03. The van der Waals surface area contributed by atoms with E-state index in [2.05, 4.69) is 0 Å². The number of hydrogen-bond donors (Lipinski definition) is 0. The Labute approximate surface area is 107 Å². The van der Waals surface area contributed by atoms with Gasteiger partial charge in [-0.25, -0.2) is 9.59 Å². The van der Waals surface area contributed by atoms with Gasteiger partial charge in [0, 0.05) is 19.6 Å². The lowest BCUT2D eigenvalue weighted by Crippen LogP contribution is -2.57. The Morgan fingerprint density at radius 1 is 1.17 bits per heavy atom. The summed E-state index contributed by atoms with van der Waals surface area (Å²) in [6.45, 7) is 2.72. The maximum absolute atomic E-state index is 12.4. The van der Waals surface area contributed by atoms with E-state index in [4.69, 9.17) is 9.47 Å². The van der Waals surface area contributed by atoms with E-state index in [-0.39, 0.29) is 12.6 Å². The summed E-state index contributed by atoms with van der Waals surface area (Å²) in [4.78, 5) is 27.4. The van der Waals surface area contributed by atoms with Crippen LogP contribution in [-0.4, -0.2) is 67.8 Å². The van der Waals surface area contributed by atoms with Crippen molar-refractivity contribution in [3.8, 4) is 0 Å². The van der Waals surface area contributed by atoms with Crippen molar-refractivity contribution in [1.29, 1.82) is 0 Å². The zero-order valence-electron chi connectivity index (χ0n) is 10.8. The van der Waals surface area contributed by atoms with Crippen molar-refractivity contribution in [2.45, 2.75) is 25.3 Å². The van der Waals surface area contributed by atoms with Crippen molar-refractivity contribution in [1.82, 2.24) is 9.80 Å². The fraction of sp³-hybridized carbons (Fsp3) is 0.833. The van der Waals surface area contributed by atoms with Crippen LogP contribution in [0.2, 0.25) is 0 Å². The molecule has 1 atom stereocenters. The smallest absolute Gasteiger partial charge is 0.331 e. The molecule has 2 heterocycles. The van der Waals surface area contributed by atoms with E-state index in [1.165, 1.54) is 13.5 Å². The minimum atomic E-state index is -0.599. The van der Waals surface area contributed by atoms with Gasteiger partial charge in [0.2, 0.25) is 0 Å². The molecular formula is C12H20N2O4. The van der Waals surface area contributed by atoms with Crippen LogP contribution in [0.3, 0.4) is 0 Å². The number of amides is 2. The number of piperidine rings is 1. The van der Waals surface area contributed by atoms with Gasteiger partial charge in [-0.1, -0.05) is 0 Å². The van der Waals surface area contributed by atoms with Crippen LogP contribution in [0.25, 0.3) is 0 Å². The molecule has 2 aliphatic heterocycles. The number of carbonyl (C=O) groups is 2. The molecule has 6 heteroatoms. The number of urea groups is 1. The number of carbonyl (C=O) groups excluding carboxylic acids is 2. The summed E-state index contributed by atoms with van der Waals surface area (Å²) in [5, 5.41) is 0. The largest absolute Gasteiger partial charge is 0.467 e. The molecule has 0 aliphatic carbocycles. The van der Waals surface area contributed by atoms with Crippen molar-refractivity contribution in [3.63, 3.8) is 0 Å². The lowest BCUT2D eigenvalue weighted by molar-refractivity contribution is -0.151. The Morgan fingerprint density at radius 2 is 1.89 bits per heavy atom. The first-order valence-corrected chi connectivity index (χ1v) is 6.45. The Bertz CT molecular complexity index is 315. The average Bonchev–Trinajstić information content (AvgIpc) is 2.46. The number of rotatable bonds is 1. The fourth-order valence-corrected chi connectivity index (χ4v) is 2.43. The zero-order valence-corrected chi connectivity index (χ0v) is 10.8. The second-order valence-electron chi connectivity index (χ2n) is 4.64. The Hall–Kier alpha value is -1.30. The van der Waals surface area contributed by atoms with E-state index in [1.54, 1.807) is 4.90 Å². The molecule has 102 valence electrons. The Morgan fingerprint density at radius 3 is 2.56 bits per heavy atom. The summed E-state index contributed by atoms with van der Waals surface area (Å²) in [6.07, 6.45) is 3.26. The van der Waals surface area contributed by atoms with E-state index in [0.717, 1.165) is 25.9 Å². The second kappa shape index (κ2) is 6.04. The van der Waals surface area contributed by atoms with E-state index in [9.17, 15) is 9.59 Å². The summed E-state index contributed by atoms with van der Waals surface area (Å²) in [5.74, 6) is -0.403. The highest BCUT2D eigenvalue weighted by molar-refractivity contribution is 5.84. The van der Waals surface area contributed by atoms with E-state index in [1.807, 2.05) is 4.90 Å². The molecular weight excluding hydrogens is 236 g/mol. The Kier molecular flexibility index (Phi) is 4.41. The molecule has 2 amide bonds. The molecule has 0 N–H and O–H groups in total. The molecule has 2 fully saturated rings. The van der Waals surface area contributed by atoms with Gasteiger partial charge >= 0.3 is 12.0 Å². The normalized spacial score (nSPS) is 24.8. The number of morpholine rings is 1. The second-order valence-corrected chi connectivity index (χ2v) is 4.64. The minimum absolute atomic E-state index is 0.0617. The molecule has 0 radical (unpaired) electrons. The molecule has 18 heavy (non-hydrogen) atoms. The number of hydrogen-bond acceptors (Lipinski definition) is 4. The molecule has 6 nitrogen and oxygen atoms in total. The molecule has 2 aliphatic rings. The molecule has 0 saturated carbocycles. The van der Waals surface area contributed by atoms with Crippen molar-refractivity contribution < 1.29 is 19.1 Å². The van der Waals surface area contributed by atoms with Crippen LogP contribution in [0, 0.1) is 0 Å². The van der Waals surface area contributed by atoms with Crippen molar-refractivity contribution in [3.05, 3.63) is 0 Å². The van der Waals surface area contributed by atoms with Gasteiger partial charge < -0.3 is 19.3 Å². The fourth-order valence-electron chi connectivity index (χ4n) is 2.43. The molecule has 0 aromatic carbocycles. The van der Waals surface area contributed by atoms with Crippen LogP contribution in [-0.2, 0) is 14.3 Å². The van der Waals surface area contributed by atoms with Crippen molar-refractivity contribution >= 4 is 12.0 Å². The predicted molar refractivity (Wildman–Crippen MR) is 64.1 cm³/mol. The molecule has 0 aromatic heterocycles. The first-order valence-electron chi connectivity index (χ1n) is 6.45. The summed E-state index contributed by atoms with van der Waals surface area (Å²) >= 11 is 0. The van der Waals surface area contributed by atoms with Gasteiger partial charge in [0.05, 0.1) is 20.3 Å². The third-order valence-corrected chi connectivity index (χ3v) is 3.47. The molecule has 0 aromatic rings. The molecule has 0 spiro atoms. The van der Waals surface area contributed by atoms with Crippen LogP contribution < -0.4 is 0 Å². The van der Waals surface area contributed by atoms with Crippen LogP contribution in [0.15, 0.2) is 0 Å². The standard InChI is InChI=1S/C12H20N2O4/c1-17-11(15)10-9-18-8-7-14(10)12(16)13-5-3-2-4-6-13/h10H,2-9H2,1H3. The zero-order chi connectivity index (χ0) is 13.0. The molecule has 2 saturated heterocycles. The predicted octanol–water partition coefficient (Wildman–Crippen LogP) is 0.466. The summed E-state index contributed by atoms with van der Waals surface area (Å²) < 4.78 is 9.99. The lowest BCUT2D eigenvalue weighted by atomic mass is 10.1. The molecule has 0 bridgehead atoms. The maximum Gasteiger partial charge on any atom is 0.331 e. The number of esters is 1. The quantitative estimate of drug-likeness (QED) is 0.640. The van der Waals surface area contributed by atoms with Crippen LogP contribution in [0.4, 0.5) is 4.79 Å². The van der Waals surface area contributed by atoms with Crippen LogP contribution in [0.5, 0.6) is 0 Å². The van der Waals surface area contributed by atoms with Gasteiger partial charge in [0.25, 0.3) is 0 Å². The van der Waals surface area contributed by atoms with Crippen molar-refractivity contribution in [2.75, 3.05) is 40.0 Å². The highest BCUT2D eigenvalue weighted by atomic mass is 16.5. The van der Waals surface area contributed by atoms with E-state index in [0.29, 0.717) is 13.2 Å². The number of methoxy groups -OCH3 is 1. The first kappa shape index (κ1) is 13.1. The van der Waals surface area contributed by atoms with Crippen molar-refractivity contribution in [2.24, 2.45) is 0 Å². The van der Waals surface area contributed by atoms with Gasteiger partial charge in [0.1, 0.15) is 0 Å². The summed E-state index contributed by atoms with van der Waals surface area (Å²) in [6, 6.07) is -0.661. The monoisotopic (exact) mass is 256 g/mol. The van der Waals surface area contributed by atoms with Crippen LogP contribution in [0.1, 0.15) is 19.3 Å². The topological polar surface area (TPSA) is 59.1 Å². The number of ether oxygens (including phenoxy) is 2. The number of likely N-dealkylation sites (tertiary alicyclic amines) is 1. The summed E-state index contributed by atoms with van der Waals surface area (Å²) in [7, 11) is 1.33. The first-order chi connectivity index (χ1) is 8.74. The number of nitrogens with zero attached hydrogens (tertiary/aromatic N) is 2. The van der Waals surface area contributed by atoms with Gasteiger partial charge in [-0.2, -0.15) is 0 Å². The summed E-state index contributed by atoms with van der Waals surface area (Å²) in [5.41, 5.74) is 0. The highest BCUT2D eigenvalue weighted by Gasteiger charge is 2.36. The minimum Gasteiger partial charge on any atom is -0.467 e. The third-order valence-electron chi connectivity index (χ3n) is 3.47. The maximum atomic E-state index is 12.4. The lowest BCUT2D eigenvalue weighted by Gasteiger charge is -2.38. The molecule has 2 rings (SSSR count). The average molecular weight is 256 g/mol. The van der Waals surface area contributed by atoms with Gasteiger partial charge in [0.15, 0.2) is 6.04 Å². The van der Waals surface area contributed by atoms with E-state index < -0.39 is 12.0 Å². The SMILES string of the molecule is COC(=O)C1COCCN1C(=O)N1CCCCC1. The van der Waals surface area contributed by atoms with E-state index >= 15 is 0 Å². The van der Waals surface area contributed by atoms with Gasteiger partial charge in [-0.3, -0.25) is 0 Å². The highest BCUT2D eigenvalue weighted by Crippen LogP contribution is 2.16. The van der Waals surface area contributed by atoms with Gasteiger partial charge in [-0.15, -0.1) is 0 Å². The third kappa shape index (κ3) is 2.75. The van der Waals surface area contributed by atoms with Crippen LogP contribution >= 0.6 is 0 Å².